The largest absolute Gasteiger partial charge is 0.352 e. The molecule has 126 valence electrons. The Morgan fingerprint density at radius 2 is 1.71 bits per heavy atom. The fourth-order valence-corrected chi connectivity index (χ4v) is 2.56. The normalized spacial score (nSPS) is 10.3. The van der Waals surface area contributed by atoms with Crippen LogP contribution in [-0.2, 0) is 17.9 Å². The monoisotopic (exact) mass is 324 g/mol. The maximum Gasteiger partial charge on any atom is 0.253 e. The van der Waals surface area contributed by atoms with E-state index in [0.717, 1.165) is 11.1 Å². The van der Waals surface area contributed by atoms with E-state index in [9.17, 15) is 9.59 Å². The van der Waals surface area contributed by atoms with Gasteiger partial charge >= 0.3 is 0 Å². The lowest BCUT2D eigenvalue weighted by atomic mass is 10.0. The van der Waals surface area contributed by atoms with E-state index in [2.05, 4.69) is 37.4 Å². The van der Waals surface area contributed by atoms with Crippen molar-refractivity contribution in [3.05, 3.63) is 70.3 Å². The van der Waals surface area contributed by atoms with Crippen LogP contribution in [0.15, 0.2) is 42.5 Å². The molecule has 0 fully saturated rings. The van der Waals surface area contributed by atoms with Crippen molar-refractivity contribution in [1.29, 1.82) is 0 Å². The summed E-state index contributed by atoms with van der Waals surface area (Å²) in [6, 6.07) is 13.6. The first-order chi connectivity index (χ1) is 11.4. The maximum absolute atomic E-state index is 12.6. The maximum atomic E-state index is 12.6. The lowest BCUT2D eigenvalue weighted by molar-refractivity contribution is -0.119. The van der Waals surface area contributed by atoms with Gasteiger partial charge in [0.05, 0.1) is 0 Å². The molecule has 4 heteroatoms. The Kier molecular flexibility index (Phi) is 5.74. The molecule has 0 aliphatic rings. The summed E-state index contributed by atoms with van der Waals surface area (Å²) in [7, 11) is 1.81. The number of benzene rings is 2. The minimum absolute atomic E-state index is 0.0129. The molecule has 0 aliphatic heterocycles. The molecular formula is C20H24N2O2. The predicted octanol–water partition coefficient (Wildman–Crippen LogP) is 3.21. The van der Waals surface area contributed by atoms with Crippen molar-refractivity contribution in [2.24, 2.45) is 0 Å². The molecule has 2 aromatic carbocycles. The van der Waals surface area contributed by atoms with Gasteiger partial charge in [-0.25, -0.2) is 0 Å². The van der Waals surface area contributed by atoms with Gasteiger partial charge in [-0.2, -0.15) is 0 Å². The molecule has 0 saturated carbocycles. The second kappa shape index (κ2) is 7.77. The third-order valence-corrected chi connectivity index (χ3v) is 3.99. The zero-order chi connectivity index (χ0) is 17.7. The van der Waals surface area contributed by atoms with Crippen molar-refractivity contribution in [1.82, 2.24) is 10.2 Å². The summed E-state index contributed by atoms with van der Waals surface area (Å²) in [4.78, 5) is 25.2. The van der Waals surface area contributed by atoms with Gasteiger partial charge in [0.1, 0.15) is 0 Å². The zero-order valence-electron chi connectivity index (χ0n) is 14.7. The third-order valence-electron chi connectivity index (χ3n) is 3.99. The first-order valence-electron chi connectivity index (χ1n) is 8.02. The fraction of sp³-hybridized carbons (Fsp3) is 0.300. The summed E-state index contributed by atoms with van der Waals surface area (Å²) in [5, 5.41) is 2.74. The summed E-state index contributed by atoms with van der Waals surface area (Å²) in [5.74, 6) is -0.0793. The Hall–Kier alpha value is -2.62. The minimum Gasteiger partial charge on any atom is -0.352 e. The van der Waals surface area contributed by atoms with Gasteiger partial charge in [-0.3, -0.25) is 9.59 Å². The summed E-state index contributed by atoms with van der Waals surface area (Å²) >= 11 is 0. The molecule has 2 amide bonds. The summed E-state index contributed by atoms with van der Waals surface area (Å²) in [6.07, 6.45) is 0. The van der Waals surface area contributed by atoms with E-state index in [-0.39, 0.29) is 11.8 Å². The summed E-state index contributed by atoms with van der Waals surface area (Å²) in [5.41, 5.74) is 5.19. The van der Waals surface area contributed by atoms with Gasteiger partial charge in [0, 0.05) is 32.6 Å². The van der Waals surface area contributed by atoms with Crippen molar-refractivity contribution in [3.63, 3.8) is 0 Å². The number of amides is 2. The molecule has 0 bridgehead atoms. The van der Waals surface area contributed by atoms with Crippen molar-refractivity contribution >= 4 is 11.8 Å². The van der Waals surface area contributed by atoms with Crippen LogP contribution in [0.3, 0.4) is 0 Å². The van der Waals surface area contributed by atoms with Crippen molar-refractivity contribution < 1.29 is 9.59 Å². The second-order valence-corrected chi connectivity index (χ2v) is 6.20. The topological polar surface area (TPSA) is 49.4 Å². The standard InChI is InChI=1S/C20H24N2O2/c1-14-5-8-19(15(2)11-14)13-22(4)20(24)18-9-6-17(7-10-18)12-21-16(3)23/h5-11H,12-13H2,1-4H3,(H,21,23). The number of rotatable bonds is 5. The van der Waals surface area contributed by atoms with Gasteiger partial charge in [0.25, 0.3) is 5.91 Å². The van der Waals surface area contributed by atoms with E-state index in [1.165, 1.54) is 18.1 Å². The minimum atomic E-state index is -0.0663. The predicted molar refractivity (Wildman–Crippen MR) is 95.7 cm³/mol. The highest BCUT2D eigenvalue weighted by atomic mass is 16.2. The van der Waals surface area contributed by atoms with Gasteiger partial charge in [-0.15, -0.1) is 0 Å². The Bertz CT molecular complexity index is 736. The van der Waals surface area contributed by atoms with Crippen molar-refractivity contribution in [2.75, 3.05) is 7.05 Å². The van der Waals surface area contributed by atoms with Crippen LogP contribution in [0.1, 0.15) is 39.5 Å². The third kappa shape index (κ3) is 4.69. The highest BCUT2D eigenvalue weighted by Crippen LogP contribution is 2.14. The molecule has 0 atom stereocenters. The van der Waals surface area contributed by atoms with E-state index >= 15 is 0 Å². The molecule has 0 radical (unpaired) electrons. The average Bonchev–Trinajstić information content (AvgIpc) is 2.55. The average molecular weight is 324 g/mol. The van der Waals surface area contributed by atoms with Gasteiger partial charge in [-0.05, 0) is 42.7 Å². The number of hydrogen-bond donors (Lipinski definition) is 1. The van der Waals surface area contributed by atoms with Crippen LogP contribution in [-0.4, -0.2) is 23.8 Å². The van der Waals surface area contributed by atoms with Crippen molar-refractivity contribution in [3.8, 4) is 0 Å². The second-order valence-electron chi connectivity index (χ2n) is 6.20. The Labute approximate surface area is 143 Å². The van der Waals surface area contributed by atoms with Crippen molar-refractivity contribution in [2.45, 2.75) is 33.9 Å². The molecule has 0 spiro atoms. The lowest BCUT2D eigenvalue weighted by Crippen LogP contribution is -2.26. The molecule has 4 nitrogen and oxygen atoms in total. The quantitative estimate of drug-likeness (QED) is 0.918. The SMILES string of the molecule is CC(=O)NCc1ccc(C(=O)N(C)Cc2ccc(C)cc2C)cc1. The summed E-state index contributed by atoms with van der Waals surface area (Å²) < 4.78 is 0. The molecule has 24 heavy (non-hydrogen) atoms. The molecule has 2 rings (SSSR count). The van der Waals surface area contributed by atoms with E-state index in [4.69, 9.17) is 0 Å². The number of aryl methyl sites for hydroxylation is 2. The van der Waals surface area contributed by atoms with Crippen LogP contribution in [0.2, 0.25) is 0 Å². The molecule has 0 saturated heterocycles. The van der Waals surface area contributed by atoms with E-state index in [1.807, 2.05) is 19.2 Å². The first-order valence-corrected chi connectivity index (χ1v) is 8.02. The van der Waals surface area contributed by atoms with E-state index < -0.39 is 0 Å². The molecule has 2 aromatic rings. The number of hydrogen-bond acceptors (Lipinski definition) is 2. The van der Waals surface area contributed by atoms with Gasteiger partial charge < -0.3 is 10.2 Å². The van der Waals surface area contributed by atoms with Crippen LogP contribution in [0.5, 0.6) is 0 Å². The number of nitrogens with zero attached hydrogens (tertiary/aromatic N) is 1. The highest BCUT2D eigenvalue weighted by Gasteiger charge is 2.13. The van der Waals surface area contributed by atoms with Crippen LogP contribution in [0.25, 0.3) is 0 Å². The van der Waals surface area contributed by atoms with Gasteiger partial charge in [0.15, 0.2) is 0 Å². The lowest BCUT2D eigenvalue weighted by Gasteiger charge is -2.19. The Balaban J connectivity index is 2.03. The number of nitrogens with one attached hydrogen (secondary N) is 1. The van der Waals surface area contributed by atoms with Crippen LogP contribution in [0, 0.1) is 13.8 Å². The summed E-state index contributed by atoms with van der Waals surface area (Å²) in [6.45, 7) is 6.67. The van der Waals surface area contributed by atoms with Crippen LogP contribution < -0.4 is 5.32 Å². The Morgan fingerprint density at radius 1 is 1.04 bits per heavy atom. The number of carbonyl (C=O) groups is 2. The smallest absolute Gasteiger partial charge is 0.253 e. The number of carbonyl (C=O) groups excluding carboxylic acids is 2. The molecule has 1 N–H and O–H groups in total. The fourth-order valence-electron chi connectivity index (χ4n) is 2.56. The molecular weight excluding hydrogens is 300 g/mol. The van der Waals surface area contributed by atoms with Crippen LogP contribution in [0.4, 0.5) is 0 Å². The van der Waals surface area contributed by atoms with E-state index in [1.54, 1.807) is 17.0 Å². The Morgan fingerprint density at radius 3 is 2.29 bits per heavy atom. The molecule has 0 aliphatic carbocycles. The molecule has 0 heterocycles. The zero-order valence-corrected chi connectivity index (χ0v) is 14.7. The highest BCUT2D eigenvalue weighted by molar-refractivity contribution is 5.94. The van der Waals surface area contributed by atoms with Gasteiger partial charge in [-0.1, -0.05) is 35.9 Å². The van der Waals surface area contributed by atoms with E-state index in [0.29, 0.717) is 18.7 Å². The van der Waals surface area contributed by atoms with Crippen LogP contribution >= 0.6 is 0 Å². The first kappa shape index (κ1) is 17.7. The molecule has 0 aromatic heterocycles. The van der Waals surface area contributed by atoms with Gasteiger partial charge in [0.2, 0.25) is 5.91 Å². The molecule has 0 unspecified atom stereocenters.